The monoisotopic (exact) mass is 294 g/mol. The number of carbonyl (C=O) groups is 1. The number of hydrazone groups is 1. The van der Waals surface area contributed by atoms with Gasteiger partial charge in [-0.15, -0.1) is 0 Å². The first-order chi connectivity index (χ1) is 8.99. The Balaban J connectivity index is 3.01. The molecular weight excluding hydrogens is 273 g/mol. The number of rotatable bonds is 4. The van der Waals surface area contributed by atoms with Gasteiger partial charge in [-0.2, -0.15) is 23.3 Å². The molecule has 0 bridgehead atoms. The van der Waals surface area contributed by atoms with Crippen molar-refractivity contribution in [3.63, 3.8) is 0 Å². The molecule has 1 heterocycles. The Morgan fingerprint density at radius 1 is 1.40 bits per heavy atom. The van der Waals surface area contributed by atoms with E-state index in [2.05, 4.69) is 5.10 Å². The highest BCUT2D eigenvalue weighted by atomic mass is 19.4. The number of halogens is 3. The van der Waals surface area contributed by atoms with Crippen LogP contribution in [-0.2, 0) is 4.79 Å². The molecule has 1 atom stereocenters. The minimum Gasteiger partial charge on any atom is -0.362 e. The van der Waals surface area contributed by atoms with Crippen molar-refractivity contribution >= 4 is 11.6 Å². The summed E-state index contributed by atoms with van der Waals surface area (Å²) in [5.74, 6) is -1.19. The van der Waals surface area contributed by atoms with Crippen molar-refractivity contribution < 1.29 is 23.1 Å². The molecule has 0 fully saturated rings. The molecule has 0 saturated carbocycles. The maximum atomic E-state index is 13.1. The SMILES string of the molecule is CC(C)CCC1=NN(C(=O)C(C)C)[C@](O)(C(F)(F)F)C1. The van der Waals surface area contributed by atoms with Crippen molar-refractivity contribution in [2.24, 2.45) is 16.9 Å². The number of carbonyl (C=O) groups excluding carboxylic acids is 1. The summed E-state index contributed by atoms with van der Waals surface area (Å²) in [5, 5.41) is 13.9. The van der Waals surface area contributed by atoms with Gasteiger partial charge in [0, 0.05) is 18.1 Å². The molecule has 0 unspecified atom stereocenters. The Morgan fingerprint density at radius 2 is 1.95 bits per heavy atom. The molecular formula is C13H21F3N2O2. The van der Waals surface area contributed by atoms with Gasteiger partial charge in [-0.05, 0) is 18.8 Å². The second-order valence-electron chi connectivity index (χ2n) is 5.89. The lowest BCUT2D eigenvalue weighted by atomic mass is 9.99. The third-order valence-corrected chi connectivity index (χ3v) is 3.21. The normalized spacial score (nSPS) is 23.7. The van der Waals surface area contributed by atoms with Crippen molar-refractivity contribution in [2.75, 3.05) is 0 Å². The standard InChI is InChI=1S/C13H21F3N2O2/c1-8(2)5-6-10-7-12(20,13(14,15)16)18(17-10)11(19)9(3)4/h8-9,20H,5-7H2,1-4H3/t12-/m1/s1. The van der Waals surface area contributed by atoms with Crippen LogP contribution < -0.4 is 0 Å². The smallest absolute Gasteiger partial charge is 0.362 e. The number of amides is 1. The van der Waals surface area contributed by atoms with E-state index in [0.29, 0.717) is 18.8 Å². The largest absolute Gasteiger partial charge is 0.438 e. The third-order valence-electron chi connectivity index (χ3n) is 3.21. The van der Waals surface area contributed by atoms with Gasteiger partial charge in [0.1, 0.15) is 0 Å². The molecule has 0 aromatic carbocycles. The average Bonchev–Trinajstić information content (AvgIpc) is 2.63. The first-order valence-electron chi connectivity index (χ1n) is 6.68. The first-order valence-corrected chi connectivity index (χ1v) is 6.68. The van der Waals surface area contributed by atoms with Crippen LogP contribution >= 0.6 is 0 Å². The van der Waals surface area contributed by atoms with Crippen molar-refractivity contribution in [1.29, 1.82) is 0 Å². The van der Waals surface area contributed by atoms with Crippen molar-refractivity contribution in [2.45, 2.75) is 58.9 Å². The highest BCUT2D eigenvalue weighted by Crippen LogP contribution is 2.41. The van der Waals surface area contributed by atoms with E-state index in [-0.39, 0.29) is 10.7 Å². The Hall–Kier alpha value is -1.11. The Labute approximate surface area is 116 Å². The van der Waals surface area contributed by atoms with E-state index in [0.717, 1.165) is 0 Å². The highest BCUT2D eigenvalue weighted by Gasteiger charge is 2.63. The number of nitrogens with zero attached hydrogens (tertiary/aromatic N) is 2. The predicted molar refractivity (Wildman–Crippen MR) is 68.8 cm³/mol. The zero-order valence-electron chi connectivity index (χ0n) is 12.2. The lowest BCUT2D eigenvalue weighted by molar-refractivity contribution is -0.303. The summed E-state index contributed by atoms with van der Waals surface area (Å²) < 4.78 is 39.2. The minimum absolute atomic E-state index is 0.215. The molecule has 20 heavy (non-hydrogen) atoms. The van der Waals surface area contributed by atoms with Gasteiger partial charge in [0.2, 0.25) is 5.91 Å². The van der Waals surface area contributed by atoms with Crippen LogP contribution in [0.1, 0.15) is 47.0 Å². The molecule has 1 aliphatic heterocycles. The maximum Gasteiger partial charge on any atom is 0.438 e. The topological polar surface area (TPSA) is 52.9 Å². The Bertz CT molecular complexity index is 405. The van der Waals surface area contributed by atoms with Crippen LogP contribution in [-0.4, -0.2) is 33.6 Å². The summed E-state index contributed by atoms with van der Waals surface area (Å²) in [7, 11) is 0. The van der Waals surface area contributed by atoms with Gasteiger partial charge in [-0.25, -0.2) is 0 Å². The molecule has 0 saturated heterocycles. The quantitative estimate of drug-likeness (QED) is 0.866. The second kappa shape index (κ2) is 5.71. The molecule has 7 heteroatoms. The molecule has 1 N–H and O–H groups in total. The zero-order valence-corrected chi connectivity index (χ0v) is 12.2. The lowest BCUT2D eigenvalue weighted by Gasteiger charge is -2.33. The van der Waals surface area contributed by atoms with Gasteiger partial charge in [0.05, 0.1) is 0 Å². The maximum absolute atomic E-state index is 13.1. The fourth-order valence-electron chi connectivity index (χ4n) is 1.91. The molecule has 1 rings (SSSR count). The van der Waals surface area contributed by atoms with Crippen molar-refractivity contribution in [3.8, 4) is 0 Å². The summed E-state index contributed by atoms with van der Waals surface area (Å²) in [4.78, 5) is 11.8. The summed E-state index contributed by atoms with van der Waals surface area (Å²) in [6.07, 6.45) is -4.59. The van der Waals surface area contributed by atoms with E-state index in [4.69, 9.17) is 0 Å². The number of aliphatic hydroxyl groups is 1. The molecule has 1 amide bonds. The molecule has 4 nitrogen and oxygen atoms in total. The van der Waals surface area contributed by atoms with Gasteiger partial charge >= 0.3 is 6.18 Å². The summed E-state index contributed by atoms with van der Waals surface area (Å²) in [6, 6.07) is 0. The Morgan fingerprint density at radius 3 is 2.35 bits per heavy atom. The van der Waals surface area contributed by atoms with E-state index < -0.39 is 30.1 Å². The van der Waals surface area contributed by atoms with Gasteiger partial charge in [-0.3, -0.25) is 4.79 Å². The fourth-order valence-corrected chi connectivity index (χ4v) is 1.91. The van der Waals surface area contributed by atoms with Crippen LogP contribution in [0.25, 0.3) is 0 Å². The van der Waals surface area contributed by atoms with E-state index in [1.165, 1.54) is 13.8 Å². The van der Waals surface area contributed by atoms with Crippen LogP contribution in [0.3, 0.4) is 0 Å². The van der Waals surface area contributed by atoms with E-state index in [9.17, 15) is 23.1 Å². The molecule has 0 spiro atoms. The molecule has 1 aliphatic rings. The summed E-state index contributed by atoms with van der Waals surface area (Å²) >= 11 is 0. The van der Waals surface area contributed by atoms with Gasteiger partial charge < -0.3 is 5.11 Å². The fraction of sp³-hybridized carbons (Fsp3) is 0.846. The molecule has 0 radical (unpaired) electrons. The van der Waals surface area contributed by atoms with E-state index in [1.54, 1.807) is 0 Å². The number of hydrogen-bond donors (Lipinski definition) is 1. The van der Waals surface area contributed by atoms with Gasteiger partial charge in [0.15, 0.2) is 0 Å². The van der Waals surface area contributed by atoms with Gasteiger partial charge in [-0.1, -0.05) is 27.7 Å². The van der Waals surface area contributed by atoms with Crippen molar-refractivity contribution in [1.82, 2.24) is 5.01 Å². The lowest BCUT2D eigenvalue weighted by Crippen LogP contribution is -2.57. The summed E-state index contributed by atoms with van der Waals surface area (Å²) in [5.41, 5.74) is -2.99. The van der Waals surface area contributed by atoms with E-state index in [1.807, 2.05) is 13.8 Å². The second-order valence-corrected chi connectivity index (χ2v) is 5.89. The first kappa shape index (κ1) is 16.9. The van der Waals surface area contributed by atoms with Crippen LogP contribution in [0, 0.1) is 11.8 Å². The molecule has 0 aromatic rings. The summed E-state index contributed by atoms with van der Waals surface area (Å²) in [6.45, 7) is 6.84. The molecule has 0 aliphatic carbocycles. The third kappa shape index (κ3) is 3.31. The van der Waals surface area contributed by atoms with Crippen LogP contribution in [0.15, 0.2) is 5.10 Å². The predicted octanol–water partition coefficient (Wildman–Crippen LogP) is 2.92. The van der Waals surface area contributed by atoms with Crippen LogP contribution in [0.5, 0.6) is 0 Å². The number of hydrogen-bond acceptors (Lipinski definition) is 3. The van der Waals surface area contributed by atoms with Crippen LogP contribution in [0.4, 0.5) is 13.2 Å². The molecule has 116 valence electrons. The van der Waals surface area contributed by atoms with Gasteiger partial charge in [0.25, 0.3) is 5.72 Å². The van der Waals surface area contributed by atoms with E-state index >= 15 is 0 Å². The van der Waals surface area contributed by atoms with Crippen molar-refractivity contribution in [3.05, 3.63) is 0 Å². The van der Waals surface area contributed by atoms with Crippen LogP contribution in [0.2, 0.25) is 0 Å². The zero-order chi connectivity index (χ0) is 15.7. The molecule has 0 aromatic heterocycles. The highest BCUT2D eigenvalue weighted by molar-refractivity contribution is 5.91. The minimum atomic E-state index is -4.93. The average molecular weight is 294 g/mol. The number of alkyl halides is 3. The Kier molecular flexibility index (Phi) is 4.84.